The van der Waals surface area contributed by atoms with Gasteiger partial charge in [0.1, 0.15) is 16.4 Å². The minimum absolute atomic E-state index is 0.0111. The summed E-state index contributed by atoms with van der Waals surface area (Å²) in [7, 11) is 0. The molecule has 23 heavy (non-hydrogen) atoms. The average molecular weight is 338 g/mol. The maximum atomic E-state index is 12.5. The number of carbonyl (C=O) groups excluding carboxylic acids is 2. The summed E-state index contributed by atoms with van der Waals surface area (Å²) >= 11 is 5.87. The molecular weight excluding hydrogens is 318 g/mol. The fourth-order valence-corrected chi connectivity index (χ4v) is 3.10. The second-order valence-corrected chi connectivity index (χ2v) is 7.33. The number of halogens is 1. The van der Waals surface area contributed by atoms with Crippen LogP contribution in [0.4, 0.5) is 4.79 Å². The molecule has 0 N–H and O–H groups in total. The minimum Gasteiger partial charge on any atom is -0.444 e. The highest BCUT2D eigenvalue weighted by molar-refractivity contribution is 6.29. The predicted octanol–water partition coefficient (Wildman–Crippen LogP) is 2.70. The fraction of sp³-hybridized carbons (Fsp3) is 0.562. The third-order valence-corrected chi connectivity index (χ3v) is 4.22. The molecule has 0 spiro atoms. The van der Waals surface area contributed by atoms with Crippen LogP contribution >= 0.6 is 11.6 Å². The molecule has 0 unspecified atom stereocenters. The Kier molecular flexibility index (Phi) is 3.96. The van der Waals surface area contributed by atoms with Crippen LogP contribution in [0, 0.1) is 0 Å². The number of aromatic nitrogens is 1. The summed E-state index contributed by atoms with van der Waals surface area (Å²) in [6.45, 7) is 7.12. The van der Waals surface area contributed by atoms with Crippen LogP contribution in [-0.2, 0) is 11.3 Å². The van der Waals surface area contributed by atoms with Crippen LogP contribution in [0.2, 0.25) is 5.15 Å². The molecule has 0 aliphatic carbocycles. The first-order valence-electron chi connectivity index (χ1n) is 7.69. The summed E-state index contributed by atoms with van der Waals surface area (Å²) in [6, 6.07) is 3.52. The van der Waals surface area contributed by atoms with Gasteiger partial charge in [-0.3, -0.25) is 4.79 Å². The van der Waals surface area contributed by atoms with Gasteiger partial charge in [-0.25, -0.2) is 9.78 Å². The van der Waals surface area contributed by atoms with Crippen molar-refractivity contribution in [1.82, 2.24) is 14.8 Å². The van der Waals surface area contributed by atoms with Crippen molar-refractivity contribution in [1.29, 1.82) is 0 Å². The number of pyridine rings is 1. The molecule has 3 heterocycles. The normalized spacial score (nSPS) is 20.9. The number of fused-ring (bicyclic) bond motifs is 1. The third kappa shape index (κ3) is 3.27. The zero-order chi connectivity index (χ0) is 16.8. The van der Waals surface area contributed by atoms with E-state index in [0.29, 0.717) is 30.5 Å². The lowest BCUT2D eigenvalue weighted by atomic mass is 10.2. The third-order valence-electron chi connectivity index (χ3n) is 4.00. The molecule has 7 heteroatoms. The summed E-state index contributed by atoms with van der Waals surface area (Å²) in [5, 5.41) is 0.320. The quantitative estimate of drug-likeness (QED) is 0.739. The van der Waals surface area contributed by atoms with Crippen LogP contribution in [-0.4, -0.2) is 51.5 Å². The Labute approximate surface area is 140 Å². The van der Waals surface area contributed by atoms with Crippen molar-refractivity contribution >= 4 is 23.6 Å². The van der Waals surface area contributed by atoms with Crippen molar-refractivity contribution in [3.63, 3.8) is 0 Å². The van der Waals surface area contributed by atoms with Crippen LogP contribution in [0.5, 0.6) is 0 Å². The number of likely N-dealkylation sites (tertiary alicyclic amines) is 1. The van der Waals surface area contributed by atoms with Gasteiger partial charge in [0.15, 0.2) is 0 Å². The van der Waals surface area contributed by atoms with E-state index < -0.39 is 5.60 Å². The van der Waals surface area contributed by atoms with E-state index in [1.165, 1.54) is 0 Å². The van der Waals surface area contributed by atoms with Gasteiger partial charge in [-0.2, -0.15) is 0 Å². The van der Waals surface area contributed by atoms with Gasteiger partial charge in [0, 0.05) is 25.2 Å². The lowest BCUT2D eigenvalue weighted by molar-refractivity contribution is 0.0276. The van der Waals surface area contributed by atoms with Crippen molar-refractivity contribution in [3.8, 4) is 0 Å². The van der Waals surface area contributed by atoms with E-state index in [9.17, 15) is 9.59 Å². The maximum absolute atomic E-state index is 12.5. The first-order valence-corrected chi connectivity index (χ1v) is 8.07. The second-order valence-electron chi connectivity index (χ2n) is 6.94. The smallest absolute Gasteiger partial charge is 0.410 e. The number of amides is 2. The van der Waals surface area contributed by atoms with E-state index in [-0.39, 0.29) is 18.0 Å². The molecule has 2 aliphatic rings. The topological polar surface area (TPSA) is 62.7 Å². The van der Waals surface area contributed by atoms with Gasteiger partial charge < -0.3 is 14.5 Å². The van der Waals surface area contributed by atoms with E-state index >= 15 is 0 Å². The van der Waals surface area contributed by atoms with Crippen molar-refractivity contribution in [2.75, 3.05) is 13.1 Å². The zero-order valence-electron chi connectivity index (χ0n) is 13.5. The molecule has 124 valence electrons. The summed E-state index contributed by atoms with van der Waals surface area (Å²) in [5.74, 6) is -0.112. The van der Waals surface area contributed by atoms with Crippen molar-refractivity contribution in [2.45, 2.75) is 45.4 Å². The minimum atomic E-state index is -0.518. The Morgan fingerprint density at radius 3 is 2.83 bits per heavy atom. The standard InChI is InChI=1S/C16H20ClN3O3/c1-16(2,3)23-15(22)19-7-6-11(9-19)20-8-10-4-5-12(17)18-13(10)14(20)21/h4-5,11H,6-9H2,1-3H3/t11-/m1/s1. The SMILES string of the molecule is CC(C)(C)OC(=O)N1CC[C@@H](N2Cc3ccc(Cl)nc3C2=O)C1. The Morgan fingerprint density at radius 1 is 1.39 bits per heavy atom. The van der Waals surface area contributed by atoms with Crippen LogP contribution in [0.15, 0.2) is 12.1 Å². The van der Waals surface area contributed by atoms with Gasteiger partial charge in [0.05, 0.1) is 6.04 Å². The largest absolute Gasteiger partial charge is 0.444 e. The first kappa shape index (κ1) is 16.1. The number of hydrogen-bond donors (Lipinski definition) is 0. The maximum Gasteiger partial charge on any atom is 0.410 e. The molecule has 1 saturated heterocycles. The Morgan fingerprint density at radius 2 is 2.13 bits per heavy atom. The molecule has 0 aromatic carbocycles. The Bertz CT molecular complexity index is 656. The summed E-state index contributed by atoms with van der Waals surface area (Å²) in [5.41, 5.74) is 0.790. The van der Waals surface area contributed by atoms with Crippen molar-refractivity contribution in [3.05, 3.63) is 28.5 Å². The highest BCUT2D eigenvalue weighted by Crippen LogP contribution is 2.28. The lowest BCUT2D eigenvalue weighted by Gasteiger charge is -2.26. The number of rotatable bonds is 1. The van der Waals surface area contributed by atoms with Crippen molar-refractivity contribution in [2.24, 2.45) is 0 Å². The molecule has 2 aliphatic heterocycles. The summed E-state index contributed by atoms with van der Waals surface area (Å²) < 4.78 is 5.39. The van der Waals surface area contributed by atoms with Crippen molar-refractivity contribution < 1.29 is 14.3 Å². The van der Waals surface area contributed by atoms with Gasteiger partial charge >= 0.3 is 6.09 Å². The second kappa shape index (κ2) is 5.67. The first-order chi connectivity index (χ1) is 10.7. The molecule has 3 rings (SSSR count). The lowest BCUT2D eigenvalue weighted by Crippen LogP contribution is -2.40. The van der Waals surface area contributed by atoms with E-state index in [0.717, 1.165) is 12.0 Å². The van der Waals surface area contributed by atoms with E-state index in [1.807, 2.05) is 26.8 Å². The average Bonchev–Trinajstić information content (AvgIpc) is 3.03. The van der Waals surface area contributed by atoms with Crippen LogP contribution in [0.1, 0.15) is 43.2 Å². The Hall–Kier alpha value is -1.82. The van der Waals surface area contributed by atoms with E-state index in [1.54, 1.807) is 15.9 Å². The molecule has 1 aromatic rings. The highest BCUT2D eigenvalue weighted by atomic mass is 35.5. The van der Waals surface area contributed by atoms with Gasteiger partial charge in [-0.05, 0) is 33.3 Å². The number of nitrogens with zero attached hydrogens (tertiary/aromatic N) is 3. The molecule has 0 bridgehead atoms. The van der Waals surface area contributed by atoms with Crippen LogP contribution in [0.3, 0.4) is 0 Å². The molecule has 2 amide bonds. The molecule has 6 nitrogen and oxygen atoms in total. The van der Waals surface area contributed by atoms with Gasteiger partial charge in [0.25, 0.3) is 5.91 Å². The van der Waals surface area contributed by atoms with E-state index in [4.69, 9.17) is 16.3 Å². The molecule has 1 atom stereocenters. The van der Waals surface area contributed by atoms with Gasteiger partial charge in [-0.15, -0.1) is 0 Å². The predicted molar refractivity (Wildman–Crippen MR) is 85.3 cm³/mol. The number of carbonyl (C=O) groups is 2. The van der Waals surface area contributed by atoms with Crippen LogP contribution in [0.25, 0.3) is 0 Å². The number of hydrogen-bond acceptors (Lipinski definition) is 4. The zero-order valence-corrected chi connectivity index (χ0v) is 14.3. The molecule has 0 saturated carbocycles. The molecule has 1 aromatic heterocycles. The van der Waals surface area contributed by atoms with Gasteiger partial charge in [-0.1, -0.05) is 17.7 Å². The monoisotopic (exact) mass is 337 g/mol. The summed E-state index contributed by atoms with van der Waals surface area (Å²) in [6.07, 6.45) is 0.414. The molecular formula is C16H20ClN3O3. The molecule has 0 radical (unpaired) electrons. The number of ether oxygens (including phenoxy) is 1. The van der Waals surface area contributed by atoms with Crippen LogP contribution < -0.4 is 0 Å². The highest BCUT2D eigenvalue weighted by Gasteiger charge is 2.39. The van der Waals surface area contributed by atoms with Gasteiger partial charge in [0.2, 0.25) is 0 Å². The Balaban J connectivity index is 1.67. The molecule has 1 fully saturated rings. The fourth-order valence-electron chi connectivity index (χ4n) is 2.95. The van der Waals surface area contributed by atoms with E-state index in [2.05, 4.69) is 4.98 Å². The summed E-state index contributed by atoms with van der Waals surface area (Å²) in [4.78, 5) is 32.2.